The fraction of sp³-hybridized carbons (Fsp3) is 1.00. The second kappa shape index (κ2) is 1.76. The van der Waals surface area contributed by atoms with Gasteiger partial charge in [0, 0.05) is 12.5 Å². The Kier molecular flexibility index (Phi) is 1.36. The lowest BCUT2D eigenvalue weighted by Gasteiger charge is -2.14. The molecular weight excluding hydrogens is 96.9 g/mol. The summed E-state index contributed by atoms with van der Waals surface area (Å²) in [5.41, 5.74) is 0.629. The van der Waals surface area contributed by atoms with Crippen molar-refractivity contribution >= 4 is 7.41 Å². The summed E-state index contributed by atoms with van der Waals surface area (Å²) in [6.45, 7) is 6.06. The van der Waals surface area contributed by atoms with Gasteiger partial charge in [0.05, 0.1) is 6.54 Å². The summed E-state index contributed by atoms with van der Waals surface area (Å²) in [6.07, 6.45) is 1.40. The highest BCUT2D eigenvalue weighted by Crippen LogP contribution is 2.19. The first kappa shape index (κ1) is 6.15. The highest BCUT2D eigenvalue weighted by molar-refractivity contribution is 6.25. The van der Waals surface area contributed by atoms with Gasteiger partial charge in [0.2, 0.25) is 0 Å². The van der Waals surface area contributed by atoms with Gasteiger partial charge >= 0.3 is 7.41 Å². The number of hydrogen-bond acceptors (Lipinski definition) is 0. The molecule has 1 saturated heterocycles. The summed E-state index contributed by atoms with van der Waals surface area (Å²) < 4.78 is 0. The molecule has 2 heteroatoms. The van der Waals surface area contributed by atoms with Crippen LogP contribution in [-0.2, 0) is 0 Å². The Bertz CT molecular complexity index is 90.5. The minimum atomic E-state index is 0.629. The first-order valence-electron chi connectivity index (χ1n) is 3.41. The van der Waals surface area contributed by atoms with Gasteiger partial charge in [-0.15, -0.1) is 0 Å². The molecule has 1 rings (SSSR count). The average molecular weight is 112 g/mol. The molecule has 0 aromatic heterocycles. The van der Waals surface area contributed by atoms with E-state index in [0.29, 0.717) is 5.41 Å². The summed E-state index contributed by atoms with van der Waals surface area (Å²) in [7, 11) is 3.64. The molecule has 0 radical (unpaired) electrons. The topological polar surface area (TPSA) is 4.44 Å². The molecule has 1 nitrogen and oxygen atoms in total. The van der Waals surface area contributed by atoms with E-state index in [2.05, 4.69) is 20.9 Å². The maximum Gasteiger partial charge on any atom is 0.388 e. The standard InChI is InChI=1S/C6H14BN/c1-6(2)4-7-8(3)5-6/h7H,4-5H2,1-3H3/p+1. The third-order valence-electron chi connectivity index (χ3n) is 2.01. The zero-order valence-corrected chi connectivity index (χ0v) is 6.12. The van der Waals surface area contributed by atoms with Crippen LogP contribution in [0.25, 0.3) is 0 Å². The van der Waals surface area contributed by atoms with Gasteiger partial charge in [0.25, 0.3) is 0 Å². The summed E-state index contributed by atoms with van der Waals surface area (Å²) in [5, 5.41) is 0. The molecule has 0 aromatic rings. The summed E-state index contributed by atoms with van der Waals surface area (Å²) in [6, 6.07) is 0. The molecule has 1 heterocycles. The minimum Gasteiger partial charge on any atom is -0.410 e. The lowest BCUT2D eigenvalue weighted by Crippen LogP contribution is -3.09. The second-order valence-corrected chi connectivity index (χ2v) is 3.80. The van der Waals surface area contributed by atoms with Crippen molar-refractivity contribution in [1.82, 2.24) is 0 Å². The van der Waals surface area contributed by atoms with Crippen LogP contribution in [0.2, 0.25) is 6.32 Å². The third-order valence-corrected chi connectivity index (χ3v) is 2.01. The van der Waals surface area contributed by atoms with Crippen molar-refractivity contribution in [2.45, 2.75) is 20.2 Å². The molecule has 1 atom stereocenters. The van der Waals surface area contributed by atoms with Crippen LogP contribution in [0.1, 0.15) is 13.8 Å². The van der Waals surface area contributed by atoms with Crippen LogP contribution in [0, 0.1) is 5.41 Å². The van der Waals surface area contributed by atoms with Crippen molar-refractivity contribution in [3.05, 3.63) is 0 Å². The van der Waals surface area contributed by atoms with Crippen molar-refractivity contribution in [2.75, 3.05) is 13.6 Å². The molecule has 0 aromatic carbocycles. The van der Waals surface area contributed by atoms with E-state index in [1.165, 1.54) is 20.3 Å². The number of nitrogens with one attached hydrogen (secondary N) is 1. The Morgan fingerprint density at radius 1 is 1.50 bits per heavy atom. The van der Waals surface area contributed by atoms with Gasteiger partial charge in [-0.25, -0.2) is 0 Å². The van der Waals surface area contributed by atoms with Crippen molar-refractivity contribution in [3.8, 4) is 0 Å². The van der Waals surface area contributed by atoms with Gasteiger partial charge in [0.15, 0.2) is 0 Å². The fourth-order valence-electron chi connectivity index (χ4n) is 1.55. The van der Waals surface area contributed by atoms with E-state index < -0.39 is 0 Å². The van der Waals surface area contributed by atoms with Gasteiger partial charge in [-0.3, -0.25) is 0 Å². The number of hydrogen-bond donors (Lipinski definition) is 1. The SMILES string of the molecule is C[NH+]1BCC(C)(C)C1. The van der Waals surface area contributed by atoms with Crippen LogP contribution < -0.4 is 4.81 Å². The van der Waals surface area contributed by atoms with Crippen LogP contribution in [0.15, 0.2) is 0 Å². The second-order valence-electron chi connectivity index (χ2n) is 3.80. The molecule has 0 bridgehead atoms. The molecule has 46 valence electrons. The molecule has 8 heavy (non-hydrogen) atoms. The molecule has 0 spiro atoms. The average Bonchev–Trinajstić information content (AvgIpc) is 1.82. The lowest BCUT2D eigenvalue weighted by molar-refractivity contribution is -0.758. The smallest absolute Gasteiger partial charge is 0.388 e. The Hall–Kier alpha value is 0.0249. The Morgan fingerprint density at radius 2 is 2.12 bits per heavy atom. The van der Waals surface area contributed by atoms with E-state index in [1.54, 1.807) is 4.81 Å². The van der Waals surface area contributed by atoms with Crippen LogP contribution in [0.5, 0.6) is 0 Å². The monoisotopic (exact) mass is 112 g/mol. The zero-order valence-electron chi connectivity index (χ0n) is 6.12. The van der Waals surface area contributed by atoms with E-state index >= 15 is 0 Å². The molecule has 1 aliphatic heterocycles. The van der Waals surface area contributed by atoms with Crippen molar-refractivity contribution in [1.29, 1.82) is 0 Å². The third kappa shape index (κ3) is 1.25. The van der Waals surface area contributed by atoms with Gasteiger partial charge in [-0.2, -0.15) is 0 Å². The number of rotatable bonds is 0. The first-order chi connectivity index (χ1) is 3.60. The fourth-order valence-corrected chi connectivity index (χ4v) is 1.55. The van der Waals surface area contributed by atoms with E-state index in [9.17, 15) is 0 Å². The van der Waals surface area contributed by atoms with Crippen LogP contribution in [0.3, 0.4) is 0 Å². The van der Waals surface area contributed by atoms with Crippen LogP contribution in [0.4, 0.5) is 0 Å². The normalized spacial score (nSPS) is 34.6. The Balaban J connectivity index is 2.44. The van der Waals surface area contributed by atoms with Crippen molar-refractivity contribution < 1.29 is 4.81 Å². The predicted octanol–water partition coefficient (Wildman–Crippen LogP) is -0.689. The first-order valence-corrected chi connectivity index (χ1v) is 3.41. The molecule has 0 aliphatic carbocycles. The van der Waals surface area contributed by atoms with Gasteiger partial charge in [0.1, 0.15) is 0 Å². The van der Waals surface area contributed by atoms with Crippen LogP contribution in [-0.4, -0.2) is 21.0 Å². The van der Waals surface area contributed by atoms with Gasteiger partial charge in [-0.1, -0.05) is 13.8 Å². The van der Waals surface area contributed by atoms with Crippen LogP contribution >= 0.6 is 0 Å². The van der Waals surface area contributed by atoms with Crippen molar-refractivity contribution in [2.24, 2.45) is 5.41 Å². The summed E-state index contributed by atoms with van der Waals surface area (Å²) in [5.74, 6) is 0. The van der Waals surface area contributed by atoms with E-state index in [4.69, 9.17) is 0 Å². The van der Waals surface area contributed by atoms with E-state index in [1.807, 2.05) is 0 Å². The highest BCUT2D eigenvalue weighted by Gasteiger charge is 2.32. The van der Waals surface area contributed by atoms with Crippen molar-refractivity contribution in [3.63, 3.8) is 0 Å². The maximum atomic E-state index is 2.35. The quantitative estimate of drug-likeness (QED) is 0.395. The van der Waals surface area contributed by atoms with Gasteiger partial charge in [-0.05, 0) is 6.32 Å². The minimum absolute atomic E-state index is 0.629. The number of quaternary nitrogens is 1. The Morgan fingerprint density at radius 3 is 2.25 bits per heavy atom. The molecule has 0 amide bonds. The highest BCUT2D eigenvalue weighted by atomic mass is 15.0. The summed E-state index contributed by atoms with van der Waals surface area (Å²) >= 11 is 0. The molecule has 0 saturated carbocycles. The molecule has 1 aliphatic rings. The van der Waals surface area contributed by atoms with E-state index in [0.717, 1.165) is 0 Å². The molecular formula is C6H15BN+. The zero-order chi connectivity index (χ0) is 6.20. The van der Waals surface area contributed by atoms with Gasteiger partial charge < -0.3 is 4.81 Å². The molecule has 1 fully saturated rings. The lowest BCUT2D eigenvalue weighted by atomic mass is 9.79. The summed E-state index contributed by atoms with van der Waals surface area (Å²) in [4.78, 5) is 1.69. The largest absolute Gasteiger partial charge is 0.410 e. The predicted molar refractivity (Wildman–Crippen MR) is 37.5 cm³/mol. The molecule has 1 unspecified atom stereocenters. The Labute approximate surface area is 52.3 Å². The van der Waals surface area contributed by atoms with E-state index in [-0.39, 0.29) is 0 Å². The molecule has 1 N–H and O–H groups in total. The maximum absolute atomic E-state index is 2.35.